The van der Waals surface area contributed by atoms with Gasteiger partial charge in [0, 0.05) is 21.7 Å². The smallest absolute Gasteiger partial charge is 0.252 e. The molecule has 0 aliphatic heterocycles. The summed E-state index contributed by atoms with van der Waals surface area (Å²) in [7, 11) is 3.09. The molecular weight excluding hydrogens is 459 g/mol. The fraction of sp³-hybridized carbons (Fsp3) is 0.300. The summed E-state index contributed by atoms with van der Waals surface area (Å²) in [6.07, 6.45) is 0. The summed E-state index contributed by atoms with van der Waals surface area (Å²) in [5.74, 6) is 0.787. The van der Waals surface area contributed by atoms with Gasteiger partial charge in [-0.15, -0.1) is 0 Å². The molecule has 7 heteroatoms. The Labute approximate surface area is 172 Å². The summed E-state index contributed by atoms with van der Waals surface area (Å²) >= 11 is 2.10. The minimum Gasteiger partial charge on any atom is -0.493 e. The van der Waals surface area contributed by atoms with E-state index < -0.39 is 0 Å². The molecule has 0 aliphatic rings. The third kappa shape index (κ3) is 5.59. The van der Waals surface area contributed by atoms with Gasteiger partial charge in [-0.3, -0.25) is 9.59 Å². The average Bonchev–Trinajstić information content (AvgIpc) is 2.66. The Morgan fingerprint density at radius 2 is 1.63 bits per heavy atom. The van der Waals surface area contributed by atoms with Crippen LogP contribution >= 0.6 is 22.6 Å². The van der Waals surface area contributed by atoms with Gasteiger partial charge >= 0.3 is 0 Å². The number of hydrogen-bond donors (Lipinski definition) is 2. The number of anilines is 1. The SMILES string of the molecule is COc1cc(I)c(C(=O)NCc2ccc(NC(=O)C(C)C)cc2)cc1OC. The molecule has 2 amide bonds. The van der Waals surface area contributed by atoms with E-state index in [1.807, 2.05) is 38.1 Å². The van der Waals surface area contributed by atoms with E-state index in [0.29, 0.717) is 23.6 Å². The van der Waals surface area contributed by atoms with Gasteiger partial charge in [0.15, 0.2) is 11.5 Å². The van der Waals surface area contributed by atoms with Crippen LogP contribution in [0.4, 0.5) is 5.69 Å². The minimum atomic E-state index is -0.197. The summed E-state index contributed by atoms with van der Waals surface area (Å²) in [5.41, 5.74) is 2.19. The van der Waals surface area contributed by atoms with Gasteiger partial charge in [0.05, 0.1) is 19.8 Å². The summed E-state index contributed by atoms with van der Waals surface area (Å²) in [6.45, 7) is 4.06. The first-order valence-electron chi connectivity index (χ1n) is 8.45. The molecule has 0 aromatic heterocycles. The van der Waals surface area contributed by atoms with Crippen molar-refractivity contribution in [2.45, 2.75) is 20.4 Å². The van der Waals surface area contributed by atoms with Gasteiger partial charge in [0.25, 0.3) is 5.91 Å². The van der Waals surface area contributed by atoms with E-state index in [1.165, 1.54) is 7.11 Å². The fourth-order valence-corrected chi connectivity index (χ4v) is 2.98. The van der Waals surface area contributed by atoms with E-state index in [0.717, 1.165) is 14.8 Å². The van der Waals surface area contributed by atoms with Crippen LogP contribution in [0, 0.1) is 9.49 Å². The van der Waals surface area contributed by atoms with E-state index in [9.17, 15) is 9.59 Å². The fourth-order valence-electron chi connectivity index (χ4n) is 2.30. The maximum Gasteiger partial charge on any atom is 0.252 e. The third-order valence-corrected chi connectivity index (χ3v) is 4.81. The highest BCUT2D eigenvalue weighted by molar-refractivity contribution is 14.1. The Kier molecular flexibility index (Phi) is 7.46. The summed E-state index contributed by atoms with van der Waals surface area (Å²) in [5, 5.41) is 5.73. The van der Waals surface area contributed by atoms with E-state index in [2.05, 4.69) is 33.2 Å². The van der Waals surface area contributed by atoms with E-state index in [1.54, 1.807) is 19.2 Å². The van der Waals surface area contributed by atoms with Gasteiger partial charge in [-0.2, -0.15) is 0 Å². The van der Waals surface area contributed by atoms with Crippen LogP contribution in [0.15, 0.2) is 36.4 Å². The summed E-state index contributed by atoms with van der Waals surface area (Å²) < 4.78 is 11.3. The van der Waals surface area contributed by atoms with Crippen molar-refractivity contribution < 1.29 is 19.1 Å². The van der Waals surface area contributed by atoms with Crippen LogP contribution in [-0.4, -0.2) is 26.0 Å². The van der Waals surface area contributed by atoms with Crippen molar-refractivity contribution in [3.8, 4) is 11.5 Å². The largest absolute Gasteiger partial charge is 0.493 e. The molecule has 0 unspecified atom stereocenters. The number of halogens is 1. The number of nitrogens with one attached hydrogen (secondary N) is 2. The van der Waals surface area contributed by atoms with Gasteiger partial charge in [-0.25, -0.2) is 0 Å². The molecule has 0 atom stereocenters. The van der Waals surface area contributed by atoms with Crippen LogP contribution in [0.3, 0.4) is 0 Å². The van der Waals surface area contributed by atoms with Gasteiger partial charge < -0.3 is 20.1 Å². The molecule has 0 aliphatic carbocycles. The average molecular weight is 482 g/mol. The quantitative estimate of drug-likeness (QED) is 0.589. The van der Waals surface area contributed by atoms with Crippen LogP contribution in [-0.2, 0) is 11.3 Å². The van der Waals surface area contributed by atoms with Crippen LogP contribution in [0.25, 0.3) is 0 Å². The molecule has 2 aromatic rings. The number of carbonyl (C=O) groups is 2. The van der Waals surface area contributed by atoms with Crippen molar-refractivity contribution in [3.05, 3.63) is 51.1 Å². The Morgan fingerprint density at radius 1 is 1.04 bits per heavy atom. The molecule has 0 saturated carbocycles. The molecular formula is C20H23IN2O4. The standard InChI is InChI=1S/C20H23IN2O4/c1-12(2)19(24)23-14-7-5-13(6-8-14)11-22-20(25)15-9-17(26-3)18(27-4)10-16(15)21/h5-10,12H,11H2,1-4H3,(H,22,25)(H,23,24). The van der Waals surface area contributed by atoms with Crippen molar-refractivity contribution >= 4 is 40.1 Å². The molecule has 0 fully saturated rings. The third-order valence-electron chi connectivity index (χ3n) is 3.92. The highest BCUT2D eigenvalue weighted by Gasteiger charge is 2.15. The first-order chi connectivity index (χ1) is 12.8. The van der Waals surface area contributed by atoms with Crippen molar-refractivity contribution in [1.29, 1.82) is 0 Å². The maximum atomic E-state index is 12.5. The summed E-state index contributed by atoms with van der Waals surface area (Å²) in [6, 6.07) is 10.8. The molecule has 2 N–H and O–H groups in total. The topological polar surface area (TPSA) is 76.7 Å². The lowest BCUT2D eigenvalue weighted by Crippen LogP contribution is -2.24. The lowest BCUT2D eigenvalue weighted by molar-refractivity contribution is -0.118. The zero-order valence-electron chi connectivity index (χ0n) is 15.8. The predicted molar refractivity (Wildman–Crippen MR) is 113 cm³/mol. The first-order valence-corrected chi connectivity index (χ1v) is 9.53. The van der Waals surface area contributed by atoms with E-state index in [-0.39, 0.29) is 17.7 Å². The van der Waals surface area contributed by atoms with Gasteiger partial charge in [0.2, 0.25) is 5.91 Å². The molecule has 0 bridgehead atoms. The Bertz CT molecular complexity index is 819. The van der Waals surface area contributed by atoms with E-state index >= 15 is 0 Å². The predicted octanol–water partition coefficient (Wildman–Crippen LogP) is 3.83. The number of ether oxygens (including phenoxy) is 2. The number of rotatable bonds is 7. The lowest BCUT2D eigenvalue weighted by atomic mass is 10.1. The molecule has 0 radical (unpaired) electrons. The summed E-state index contributed by atoms with van der Waals surface area (Å²) in [4.78, 5) is 24.2. The zero-order valence-corrected chi connectivity index (χ0v) is 17.9. The number of carbonyl (C=O) groups excluding carboxylic acids is 2. The van der Waals surface area contributed by atoms with Gasteiger partial charge in [0.1, 0.15) is 0 Å². The molecule has 144 valence electrons. The van der Waals surface area contributed by atoms with Gasteiger partial charge in [-0.05, 0) is 52.4 Å². The first kappa shape index (κ1) is 21.0. The molecule has 0 saturated heterocycles. The van der Waals surface area contributed by atoms with Gasteiger partial charge in [-0.1, -0.05) is 26.0 Å². The van der Waals surface area contributed by atoms with Crippen molar-refractivity contribution in [1.82, 2.24) is 5.32 Å². The van der Waals surface area contributed by atoms with Crippen molar-refractivity contribution in [2.75, 3.05) is 19.5 Å². The number of hydrogen-bond acceptors (Lipinski definition) is 4. The molecule has 0 heterocycles. The van der Waals surface area contributed by atoms with Crippen LogP contribution in [0.5, 0.6) is 11.5 Å². The normalized spacial score (nSPS) is 10.4. The van der Waals surface area contributed by atoms with Crippen LogP contribution in [0.1, 0.15) is 29.8 Å². The second-order valence-corrected chi connectivity index (χ2v) is 7.37. The van der Waals surface area contributed by atoms with Crippen molar-refractivity contribution in [3.63, 3.8) is 0 Å². The second-order valence-electron chi connectivity index (χ2n) is 6.21. The minimum absolute atomic E-state index is 0.0286. The lowest BCUT2D eigenvalue weighted by Gasteiger charge is -2.12. The molecule has 2 aromatic carbocycles. The number of amides is 2. The molecule has 27 heavy (non-hydrogen) atoms. The highest BCUT2D eigenvalue weighted by Crippen LogP contribution is 2.31. The Hall–Kier alpha value is -2.29. The molecule has 0 spiro atoms. The Morgan fingerprint density at radius 3 is 2.19 bits per heavy atom. The molecule has 6 nitrogen and oxygen atoms in total. The monoisotopic (exact) mass is 482 g/mol. The zero-order chi connectivity index (χ0) is 20.0. The number of methoxy groups -OCH3 is 2. The molecule has 2 rings (SSSR count). The van der Waals surface area contributed by atoms with Crippen molar-refractivity contribution in [2.24, 2.45) is 5.92 Å². The van der Waals surface area contributed by atoms with E-state index in [4.69, 9.17) is 9.47 Å². The second kappa shape index (κ2) is 9.59. The van der Waals surface area contributed by atoms with Crippen LogP contribution in [0.2, 0.25) is 0 Å². The maximum absolute atomic E-state index is 12.5. The van der Waals surface area contributed by atoms with Crippen LogP contribution < -0.4 is 20.1 Å². The number of benzene rings is 2. The Balaban J connectivity index is 2.02. The highest BCUT2D eigenvalue weighted by atomic mass is 127.